The second kappa shape index (κ2) is 5.17. The third kappa shape index (κ3) is 2.71. The molecule has 0 radical (unpaired) electrons. The number of hydrogen-bond donors (Lipinski definition) is 1. The van der Waals surface area contributed by atoms with Crippen molar-refractivity contribution in [2.24, 2.45) is 5.73 Å². The number of nitrogens with two attached hydrogens (primary N) is 1. The van der Waals surface area contributed by atoms with Gasteiger partial charge in [-0.3, -0.25) is 4.98 Å². The largest absolute Gasteiger partial charge is 0.372 e. The highest BCUT2D eigenvalue weighted by molar-refractivity contribution is 5.82. The zero-order valence-electron chi connectivity index (χ0n) is 11.5. The third-order valence-corrected chi connectivity index (χ3v) is 3.73. The van der Waals surface area contributed by atoms with Crippen molar-refractivity contribution in [3.63, 3.8) is 0 Å². The quantitative estimate of drug-likeness (QED) is 0.917. The Kier molecular flexibility index (Phi) is 3.38. The Bertz CT molecular complexity index is 571. The van der Waals surface area contributed by atoms with Crippen molar-refractivity contribution in [1.82, 2.24) is 4.98 Å². The van der Waals surface area contributed by atoms with Crippen LogP contribution in [0, 0.1) is 0 Å². The lowest BCUT2D eigenvalue weighted by atomic mass is 10.1. The standard InChI is InChI=1S/C16H21N3/c1-12(17)10-14-5-4-13-11-15(6-7-16(13)18-14)19-8-2-3-9-19/h4-7,11-12H,2-3,8-10,17H2,1H3. The minimum Gasteiger partial charge on any atom is -0.372 e. The molecule has 0 aliphatic carbocycles. The first-order valence-corrected chi connectivity index (χ1v) is 7.12. The Morgan fingerprint density at radius 1 is 1.21 bits per heavy atom. The maximum Gasteiger partial charge on any atom is 0.0706 e. The van der Waals surface area contributed by atoms with E-state index >= 15 is 0 Å². The monoisotopic (exact) mass is 255 g/mol. The fourth-order valence-corrected chi connectivity index (χ4v) is 2.77. The molecule has 1 aliphatic rings. The molecule has 2 N–H and O–H groups in total. The molecular formula is C16H21N3. The summed E-state index contributed by atoms with van der Waals surface area (Å²) in [6.07, 6.45) is 3.46. The molecule has 1 atom stereocenters. The van der Waals surface area contributed by atoms with Gasteiger partial charge in [-0.25, -0.2) is 0 Å². The number of benzene rings is 1. The van der Waals surface area contributed by atoms with Crippen molar-refractivity contribution in [2.75, 3.05) is 18.0 Å². The molecule has 1 unspecified atom stereocenters. The third-order valence-electron chi connectivity index (χ3n) is 3.73. The van der Waals surface area contributed by atoms with Gasteiger partial charge < -0.3 is 10.6 Å². The van der Waals surface area contributed by atoms with Crippen LogP contribution >= 0.6 is 0 Å². The minimum atomic E-state index is 0.161. The van der Waals surface area contributed by atoms with Crippen LogP contribution < -0.4 is 10.6 Å². The summed E-state index contributed by atoms with van der Waals surface area (Å²) in [5.41, 5.74) is 9.30. The number of hydrogen-bond acceptors (Lipinski definition) is 3. The summed E-state index contributed by atoms with van der Waals surface area (Å²) >= 11 is 0. The summed E-state index contributed by atoms with van der Waals surface area (Å²) in [5, 5.41) is 1.22. The second-order valence-electron chi connectivity index (χ2n) is 5.56. The summed E-state index contributed by atoms with van der Waals surface area (Å²) in [6, 6.07) is 11.0. The van der Waals surface area contributed by atoms with E-state index in [4.69, 9.17) is 5.73 Å². The molecule has 19 heavy (non-hydrogen) atoms. The smallest absolute Gasteiger partial charge is 0.0706 e. The van der Waals surface area contributed by atoms with Gasteiger partial charge in [0.15, 0.2) is 0 Å². The van der Waals surface area contributed by atoms with Crippen LogP contribution in [0.1, 0.15) is 25.5 Å². The summed E-state index contributed by atoms with van der Waals surface area (Å²) in [7, 11) is 0. The summed E-state index contributed by atoms with van der Waals surface area (Å²) in [4.78, 5) is 7.14. The van der Waals surface area contributed by atoms with Crippen molar-refractivity contribution in [3.8, 4) is 0 Å². The van der Waals surface area contributed by atoms with E-state index in [2.05, 4.69) is 40.2 Å². The highest BCUT2D eigenvalue weighted by Gasteiger charge is 2.12. The van der Waals surface area contributed by atoms with Crippen LogP contribution in [0.15, 0.2) is 30.3 Å². The van der Waals surface area contributed by atoms with Crippen LogP contribution in [-0.2, 0) is 6.42 Å². The van der Waals surface area contributed by atoms with Gasteiger partial charge in [0, 0.05) is 42.3 Å². The average Bonchev–Trinajstić information content (AvgIpc) is 2.91. The Morgan fingerprint density at radius 2 is 2.00 bits per heavy atom. The molecule has 100 valence electrons. The Hall–Kier alpha value is -1.61. The van der Waals surface area contributed by atoms with Gasteiger partial charge >= 0.3 is 0 Å². The number of anilines is 1. The van der Waals surface area contributed by atoms with E-state index in [1.165, 1.54) is 37.0 Å². The van der Waals surface area contributed by atoms with E-state index in [0.29, 0.717) is 0 Å². The average molecular weight is 255 g/mol. The van der Waals surface area contributed by atoms with Gasteiger partial charge in [0.05, 0.1) is 5.52 Å². The van der Waals surface area contributed by atoms with Gasteiger partial charge in [-0.1, -0.05) is 6.07 Å². The first-order chi connectivity index (χ1) is 9.22. The van der Waals surface area contributed by atoms with E-state index in [1.807, 2.05) is 6.92 Å². The minimum absolute atomic E-state index is 0.161. The molecule has 3 nitrogen and oxygen atoms in total. The van der Waals surface area contributed by atoms with Gasteiger partial charge in [0.1, 0.15) is 0 Å². The summed E-state index contributed by atoms with van der Waals surface area (Å²) in [6.45, 7) is 4.38. The molecular weight excluding hydrogens is 234 g/mol. The van der Waals surface area contributed by atoms with Crippen LogP contribution in [-0.4, -0.2) is 24.1 Å². The maximum atomic E-state index is 5.83. The molecule has 0 bridgehead atoms. The lowest BCUT2D eigenvalue weighted by Crippen LogP contribution is -2.18. The van der Waals surface area contributed by atoms with Crippen molar-refractivity contribution >= 4 is 16.6 Å². The number of rotatable bonds is 3. The van der Waals surface area contributed by atoms with Crippen LogP contribution in [0.25, 0.3) is 10.9 Å². The lowest BCUT2D eigenvalue weighted by molar-refractivity contribution is 0.724. The summed E-state index contributed by atoms with van der Waals surface area (Å²) in [5.74, 6) is 0. The Balaban J connectivity index is 1.91. The van der Waals surface area contributed by atoms with Crippen molar-refractivity contribution in [1.29, 1.82) is 0 Å². The fraction of sp³-hybridized carbons (Fsp3) is 0.438. The van der Waals surface area contributed by atoms with Crippen molar-refractivity contribution in [3.05, 3.63) is 36.0 Å². The molecule has 1 aromatic heterocycles. The molecule has 1 aliphatic heterocycles. The Morgan fingerprint density at radius 3 is 2.74 bits per heavy atom. The van der Waals surface area contributed by atoms with Crippen LogP contribution in [0.3, 0.4) is 0 Å². The van der Waals surface area contributed by atoms with Crippen LogP contribution in [0.5, 0.6) is 0 Å². The number of pyridine rings is 1. The molecule has 0 saturated carbocycles. The molecule has 1 fully saturated rings. The van der Waals surface area contributed by atoms with Crippen LogP contribution in [0.4, 0.5) is 5.69 Å². The van der Waals surface area contributed by atoms with Crippen LogP contribution in [0.2, 0.25) is 0 Å². The molecule has 2 aromatic rings. The zero-order chi connectivity index (χ0) is 13.2. The zero-order valence-corrected chi connectivity index (χ0v) is 11.5. The normalized spacial score (nSPS) is 17.1. The first-order valence-electron chi connectivity index (χ1n) is 7.12. The van der Waals surface area contributed by atoms with Crippen molar-refractivity contribution < 1.29 is 0 Å². The topological polar surface area (TPSA) is 42.1 Å². The molecule has 0 spiro atoms. The number of nitrogens with zero attached hydrogens (tertiary/aromatic N) is 2. The molecule has 3 heteroatoms. The van der Waals surface area contributed by atoms with E-state index in [9.17, 15) is 0 Å². The van der Waals surface area contributed by atoms with E-state index in [0.717, 1.165) is 17.6 Å². The molecule has 0 amide bonds. The van der Waals surface area contributed by atoms with E-state index < -0.39 is 0 Å². The highest BCUT2D eigenvalue weighted by Crippen LogP contribution is 2.24. The highest BCUT2D eigenvalue weighted by atomic mass is 15.1. The van der Waals surface area contributed by atoms with Crippen molar-refractivity contribution in [2.45, 2.75) is 32.2 Å². The second-order valence-corrected chi connectivity index (χ2v) is 5.56. The van der Waals surface area contributed by atoms with Gasteiger partial charge in [-0.15, -0.1) is 0 Å². The molecule has 1 saturated heterocycles. The van der Waals surface area contributed by atoms with E-state index in [-0.39, 0.29) is 6.04 Å². The van der Waals surface area contributed by atoms with E-state index in [1.54, 1.807) is 0 Å². The van der Waals surface area contributed by atoms with Gasteiger partial charge in [-0.05, 0) is 44.0 Å². The molecule has 1 aromatic carbocycles. The maximum absolute atomic E-state index is 5.83. The Labute approximate surface area is 114 Å². The molecule has 2 heterocycles. The lowest BCUT2D eigenvalue weighted by Gasteiger charge is -2.18. The number of aromatic nitrogens is 1. The van der Waals surface area contributed by atoms with Gasteiger partial charge in [0.2, 0.25) is 0 Å². The molecule has 3 rings (SSSR count). The summed E-state index contributed by atoms with van der Waals surface area (Å²) < 4.78 is 0. The predicted octanol–water partition coefficient (Wildman–Crippen LogP) is 2.72. The van der Waals surface area contributed by atoms with Gasteiger partial charge in [-0.2, -0.15) is 0 Å². The number of fused-ring (bicyclic) bond motifs is 1. The SMILES string of the molecule is CC(N)Cc1ccc2cc(N3CCCC3)ccc2n1. The predicted molar refractivity (Wildman–Crippen MR) is 80.5 cm³/mol. The van der Waals surface area contributed by atoms with Gasteiger partial charge in [0.25, 0.3) is 0 Å². The fourth-order valence-electron chi connectivity index (χ4n) is 2.77. The first kappa shape index (κ1) is 12.4.